The van der Waals surface area contributed by atoms with Crippen LogP contribution < -0.4 is 5.32 Å². The lowest BCUT2D eigenvalue weighted by Crippen LogP contribution is -2.47. The first-order valence-electron chi connectivity index (χ1n) is 6.08. The Kier molecular flexibility index (Phi) is 6.40. The highest BCUT2D eigenvalue weighted by Gasteiger charge is 2.41. The van der Waals surface area contributed by atoms with Crippen molar-refractivity contribution in [3.8, 4) is 0 Å². The van der Waals surface area contributed by atoms with Crippen LogP contribution in [0.1, 0.15) is 66.7 Å². The molecule has 0 radical (unpaired) electrons. The van der Waals surface area contributed by atoms with E-state index in [9.17, 15) is 0 Å². The Morgan fingerprint density at radius 1 is 1.00 bits per heavy atom. The van der Waals surface area contributed by atoms with Gasteiger partial charge in [-0.15, -0.1) is 0 Å². The number of hydrogen-bond donors (Lipinski definition) is 1. The highest BCUT2D eigenvalue weighted by Crippen LogP contribution is 2.40. The van der Waals surface area contributed by atoms with Gasteiger partial charge >= 0.3 is 0 Å². The molecule has 0 bridgehead atoms. The molecule has 13 heavy (non-hydrogen) atoms. The molecule has 1 spiro atoms. The molecule has 1 aliphatic heterocycles. The zero-order valence-corrected chi connectivity index (χ0v) is 10.1. The van der Waals surface area contributed by atoms with Gasteiger partial charge in [0.2, 0.25) is 0 Å². The molecular formula is C12H27N. The predicted octanol–water partition coefficient (Wildman–Crippen LogP) is 3.73. The molecule has 1 N–H and O–H groups in total. The lowest BCUT2D eigenvalue weighted by Gasteiger charge is -2.39. The van der Waals surface area contributed by atoms with Gasteiger partial charge < -0.3 is 5.32 Å². The SMILES string of the molecule is CC.CC.CC1CCC2(CCC2)N1. The van der Waals surface area contributed by atoms with Crippen LogP contribution in [0.5, 0.6) is 0 Å². The standard InChI is InChI=1S/C8H15N.2C2H6/c1-7-3-6-8(9-7)4-2-5-8;2*1-2/h7,9H,2-6H2,1H3;2*1-2H3. The van der Waals surface area contributed by atoms with Crippen molar-refractivity contribution in [3.63, 3.8) is 0 Å². The Hall–Kier alpha value is -0.0400. The molecule has 1 heteroatoms. The van der Waals surface area contributed by atoms with Crippen molar-refractivity contribution in [1.29, 1.82) is 0 Å². The molecule has 1 saturated heterocycles. The summed E-state index contributed by atoms with van der Waals surface area (Å²) in [6, 6.07) is 0.797. The highest BCUT2D eigenvalue weighted by molar-refractivity contribution is 5.01. The van der Waals surface area contributed by atoms with Gasteiger partial charge in [0.15, 0.2) is 0 Å². The largest absolute Gasteiger partial charge is 0.309 e. The van der Waals surface area contributed by atoms with Gasteiger partial charge in [0, 0.05) is 11.6 Å². The summed E-state index contributed by atoms with van der Waals surface area (Å²) in [5.74, 6) is 0. The van der Waals surface area contributed by atoms with Gasteiger partial charge in [0.25, 0.3) is 0 Å². The van der Waals surface area contributed by atoms with Crippen LogP contribution in [-0.2, 0) is 0 Å². The second-order valence-electron chi connectivity index (χ2n) is 3.72. The second-order valence-corrected chi connectivity index (χ2v) is 3.72. The maximum atomic E-state index is 3.67. The monoisotopic (exact) mass is 185 g/mol. The molecule has 0 aromatic carbocycles. The Bertz CT molecular complexity index is 116. The van der Waals surface area contributed by atoms with Crippen LogP contribution in [0.4, 0.5) is 0 Å². The van der Waals surface area contributed by atoms with Crippen LogP contribution >= 0.6 is 0 Å². The molecule has 2 fully saturated rings. The van der Waals surface area contributed by atoms with E-state index in [0.29, 0.717) is 5.54 Å². The molecule has 1 nitrogen and oxygen atoms in total. The molecule has 1 atom stereocenters. The van der Waals surface area contributed by atoms with Gasteiger partial charge in [-0.2, -0.15) is 0 Å². The fourth-order valence-electron chi connectivity index (χ4n) is 2.16. The second kappa shape index (κ2) is 6.42. The summed E-state index contributed by atoms with van der Waals surface area (Å²) in [5.41, 5.74) is 0.638. The fraction of sp³-hybridized carbons (Fsp3) is 1.00. The van der Waals surface area contributed by atoms with Gasteiger partial charge in [-0.05, 0) is 39.0 Å². The van der Waals surface area contributed by atoms with Crippen LogP contribution in [0.25, 0.3) is 0 Å². The van der Waals surface area contributed by atoms with Gasteiger partial charge in [-0.1, -0.05) is 27.7 Å². The molecule has 2 aliphatic rings. The Labute approximate surface area is 84.3 Å². The minimum absolute atomic E-state index is 0.638. The van der Waals surface area contributed by atoms with Crippen molar-refractivity contribution in [2.24, 2.45) is 0 Å². The van der Waals surface area contributed by atoms with Crippen LogP contribution in [0.2, 0.25) is 0 Å². The third-order valence-electron chi connectivity index (χ3n) is 2.92. The maximum Gasteiger partial charge on any atom is 0.0184 e. The summed E-state index contributed by atoms with van der Waals surface area (Å²) in [6.07, 6.45) is 7.18. The molecule has 80 valence electrons. The zero-order chi connectivity index (χ0) is 10.3. The quantitative estimate of drug-likeness (QED) is 0.606. The molecule has 1 saturated carbocycles. The first kappa shape index (κ1) is 13.0. The van der Waals surface area contributed by atoms with Crippen LogP contribution in [0.15, 0.2) is 0 Å². The normalized spacial score (nSPS) is 27.9. The van der Waals surface area contributed by atoms with E-state index in [1.54, 1.807) is 0 Å². The Morgan fingerprint density at radius 2 is 1.54 bits per heavy atom. The molecule has 0 amide bonds. The molecule has 0 aromatic rings. The van der Waals surface area contributed by atoms with E-state index in [1.165, 1.54) is 32.1 Å². The van der Waals surface area contributed by atoms with Gasteiger partial charge in [0.1, 0.15) is 0 Å². The summed E-state index contributed by atoms with van der Waals surface area (Å²) in [4.78, 5) is 0. The molecule has 1 heterocycles. The van der Waals surface area contributed by atoms with E-state index in [-0.39, 0.29) is 0 Å². The third-order valence-corrected chi connectivity index (χ3v) is 2.92. The van der Waals surface area contributed by atoms with E-state index < -0.39 is 0 Å². The lowest BCUT2D eigenvalue weighted by atomic mass is 9.76. The molecule has 1 unspecified atom stereocenters. The predicted molar refractivity (Wildman–Crippen MR) is 61.1 cm³/mol. The van der Waals surface area contributed by atoms with Crippen molar-refractivity contribution in [1.82, 2.24) is 5.32 Å². The van der Waals surface area contributed by atoms with Crippen molar-refractivity contribution in [2.75, 3.05) is 0 Å². The zero-order valence-electron chi connectivity index (χ0n) is 10.1. The summed E-state index contributed by atoms with van der Waals surface area (Å²) < 4.78 is 0. The maximum absolute atomic E-state index is 3.67. The summed E-state index contributed by atoms with van der Waals surface area (Å²) in [6.45, 7) is 10.3. The van der Waals surface area contributed by atoms with Crippen LogP contribution in [0, 0.1) is 0 Å². The van der Waals surface area contributed by atoms with Crippen molar-refractivity contribution in [3.05, 3.63) is 0 Å². The highest BCUT2D eigenvalue weighted by atomic mass is 15.0. The lowest BCUT2D eigenvalue weighted by molar-refractivity contribution is 0.209. The number of nitrogens with one attached hydrogen (secondary N) is 1. The first-order chi connectivity index (χ1) is 6.31. The van der Waals surface area contributed by atoms with Gasteiger partial charge in [-0.3, -0.25) is 0 Å². The van der Waals surface area contributed by atoms with Crippen LogP contribution in [0.3, 0.4) is 0 Å². The van der Waals surface area contributed by atoms with E-state index in [0.717, 1.165) is 6.04 Å². The van der Waals surface area contributed by atoms with Crippen molar-refractivity contribution in [2.45, 2.75) is 78.3 Å². The molecular weight excluding hydrogens is 158 g/mol. The molecule has 0 aromatic heterocycles. The number of rotatable bonds is 0. The first-order valence-corrected chi connectivity index (χ1v) is 6.08. The molecule has 1 aliphatic carbocycles. The fourth-order valence-corrected chi connectivity index (χ4v) is 2.16. The smallest absolute Gasteiger partial charge is 0.0184 e. The van der Waals surface area contributed by atoms with E-state index in [4.69, 9.17) is 0 Å². The minimum atomic E-state index is 0.638. The third kappa shape index (κ3) is 3.30. The molecule has 2 rings (SSSR count). The average Bonchev–Trinajstić information content (AvgIpc) is 2.54. The Balaban J connectivity index is 0.000000322. The van der Waals surface area contributed by atoms with Gasteiger partial charge in [0.05, 0.1) is 0 Å². The van der Waals surface area contributed by atoms with Crippen molar-refractivity contribution >= 4 is 0 Å². The average molecular weight is 185 g/mol. The van der Waals surface area contributed by atoms with Gasteiger partial charge in [-0.25, -0.2) is 0 Å². The topological polar surface area (TPSA) is 12.0 Å². The number of hydrogen-bond acceptors (Lipinski definition) is 1. The summed E-state index contributed by atoms with van der Waals surface area (Å²) in [5, 5.41) is 3.67. The summed E-state index contributed by atoms with van der Waals surface area (Å²) >= 11 is 0. The van der Waals surface area contributed by atoms with E-state index in [1.807, 2.05) is 27.7 Å². The summed E-state index contributed by atoms with van der Waals surface area (Å²) in [7, 11) is 0. The minimum Gasteiger partial charge on any atom is -0.309 e. The Morgan fingerprint density at radius 3 is 1.69 bits per heavy atom. The van der Waals surface area contributed by atoms with Crippen molar-refractivity contribution < 1.29 is 0 Å². The van der Waals surface area contributed by atoms with E-state index >= 15 is 0 Å². The van der Waals surface area contributed by atoms with E-state index in [2.05, 4.69) is 12.2 Å². The van der Waals surface area contributed by atoms with Crippen LogP contribution in [-0.4, -0.2) is 11.6 Å².